The minimum atomic E-state index is 0.198. The molecule has 0 radical (unpaired) electrons. The summed E-state index contributed by atoms with van der Waals surface area (Å²) >= 11 is 0. The monoisotopic (exact) mass is 286 g/mol. The van der Waals surface area contributed by atoms with Crippen molar-refractivity contribution in [2.45, 2.75) is 13.1 Å². The van der Waals surface area contributed by atoms with Crippen molar-refractivity contribution in [2.24, 2.45) is 5.73 Å². The molecule has 2 N–H and O–H groups in total. The van der Waals surface area contributed by atoms with Crippen molar-refractivity contribution in [3.63, 3.8) is 0 Å². The molecule has 0 spiro atoms. The summed E-state index contributed by atoms with van der Waals surface area (Å²) in [5, 5.41) is 1.14. The molecule has 0 saturated carbocycles. The third-order valence-corrected chi connectivity index (χ3v) is 4.23. The number of amides is 1. The fraction of sp³-hybridized carbons (Fsp3) is 0.438. The number of likely N-dealkylation sites (N-methyl/N-ethyl adjacent to an activating group) is 1. The van der Waals surface area contributed by atoms with Crippen molar-refractivity contribution in [1.82, 2.24) is 14.4 Å². The van der Waals surface area contributed by atoms with E-state index in [1.165, 1.54) is 0 Å². The molecule has 1 aliphatic rings. The van der Waals surface area contributed by atoms with Crippen LogP contribution < -0.4 is 5.73 Å². The van der Waals surface area contributed by atoms with Crippen molar-refractivity contribution in [3.8, 4) is 0 Å². The third-order valence-electron chi connectivity index (χ3n) is 4.23. The minimum Gasteiger partial charge on any atom is -0.339 e. The Labute approximate surface area is 124 Å². The Morgan fingerprint density at radius 3 is 2.67 bits per heavy atom. The van der Waals surface area contributed by atoms with E-state index in [1.54, 1.807) is 0 Å². The average Bonchev–Trinajstić information content (AvgIpc) is 2.90. The molecule has 1 aromatic carbocycles. The average molecular weight is 286 g/mol. The van der Waals surface area contributed by atoms with Crippen molar-refractivity contribution in [1.29, 1.82) is 0 Å². The van der Waals surface area contributed by atoms with Gasteiger partial charge in [-0.3, -0.25) is 4.79 Å². The minimum absolute atomic E-state index is 0.198. The van der Waals surface area contributed by atoms with E-state index in [0.717, 1.165) is 42.6 Å². The molecule has 1 saturated heterocycles. The second kappa shape index (κ2) is 5.87. The largest absolute Gasteiger partial charge is 0.339 e. The second-order valence-electron chi connectivity index (χ2n) is 5.72. The maximum Gasteiger partial charge on any atom is 0.242 e. The first-order valence-corrected chi connectivity index (χ1v) is 7.41. The SMILES string of the molecule is CN1CCN(C(=O)Cn2ccc3cc(CN)ccc32)CC1. The summed E-state index contributed by atoms with van der Waals surface area (Å²) in [5.74, 6) is 0.198. The molecule has 0 aliphatic carbocycles. The highest BCUT2D eigenvalue weighted by atomic mass is 16.2. The van der Waals surface area contributed by atoms with Gasteiger partial charge in [0.25, 0.3) is 0 Å². The Morgan fingerprint density at radius 2 is 1.95 bits per heavy atom. The number of benzene rings is 1. The molecule has 0 atom stereocenters. The Balaban J connectivity index is 1.74. The predicted molar refractivity (Wildman–Crippen MR) is 83.9 cm³/mol. The number of aromatic nitrogens is 1. The molecule has 1 aromatic heterocycles. The molecule has 1 aliphatic heterocycles. The van der Waals surface area contributed by atoms with Crippen LogP contribution in [0.25, 0.3) is 10.9 Å². The van der Waals surface area contributed by atoms with Gasteiger partial charge >= 0.3 is 0 Å². The molecule has 1 amide bonds. The maximum absolute atomic E-state index is 12.4. The highest BCUT2D eigenvalue weighted by Gasteiger charge is 2.19. The topological polar surface area (TPSA) is 54.5 Å². The van der Waals surface area contributed by atoms with Crippen LogP contribution in [0.5, 0.6) is 0 Å². The fourth-order valence-electron chi connectivity index (χ4n) is 2.82. The Bertz CT molecular complexity index is 641. The molecule has 5 nitrogen and oxygen atoms in total. The molecule has 1 fully saturated rings. The summed E-state index contributed by atoms with van der Waals surface area (Å²) in [5.41, 5.74) is 7.87. The summed E-state index contributed by atoms with van der Waals surface area (Å²) in [6, 6.07) is 8.21. The zero-order chi connectivity index (χ0) is 14.8. The van der Waals surface area contributed by atoms with Crippen LogP contribution in [0.1, 0.15) is 5.56 Å². The van der Waals surface area contributed by atoms with Crippen LogP contribution in [0.3, 0.4) is 0 Å². The van der Waals surface area contributed by atoms with Crippen LogP contribution >= 0.6 is 0 Å². The summed E-state index contributed by atoms with van der Waals surface area (Å²) in [6.45, 7) is 4.52. The first-order valence-electron chi connectivity index (χ1n) is 7.41. The van der Waals surface area contributed by atoms with Gasteiger partial charge in [0.1, 0.15) is 6.54 Å². The van der Waals surface area contributed by atoms with Crippen molar-refractivity contribution in [2.75, 3.05) is 33.2 Å². The maximum atomic E-state index is 12.4. The van der Waals surface area contributed by atoms with Crippen LogP contribution in [0.4, 0.5) is 0 Å². The fourth-order valence-corrected chi connectivity index (χ4v) is 2.82. The van der Waals surface area contributed by atoms with E-state index < -0.39 is 0 Å². The quantitative estimate of drug-likeness (QED) is 0.911. The van der Waals surface area contributed by atoms with Gasteiger partial charge in [-0.15, -0.1) is 0 Å². The number of nitrogens with two attached hydrogens (primary N) is 1. The van der Waals surface area contributed by atoms with Crippen LogP contribution in [-0.4, -0.2) is 53.5 Å². The summed E-state index contributed by atoms with van der Waals surface area (Å²) in [4.78, 5) is 16.6. The molecular weight excluding hydrogens is 264 g/mol. The molecule has 3 rings (SSSR count). The Hall–Kier alpha value is -1.85. The number of carbonyl (C=O) groups excluding carboxylic acids is 1. The van der Waals surface area contributed by atoms with Gasteiger partial charge < -0.3 is 20.1 Å². The Kier molecular flexibility index (Phi) is 3.94. The molecule has 0 unspecified atom stereocenters. The summed E-state index contributed by atoms with van der Waals surface area (Å²) in [6.07, 6.45) is 1.99. The zero-order valence-electron chi connectivity index (χ0n) is 12.5. The molecule has 21 heavy (non-hydrogen) atoms. The first kappa shape index (κ1) is 14.1. The van der Waals surface area contributed by atoms with E-state index in [1.807, 2.05) is 27.8 Å². The number of hydrogen-bond donors (Lipinski definition) is 1. The normalized spacial score (nSPS) is 16.6. The number of nitrogens with zero attached hydrogens (tertiary/aromatic N) is 3. The van der Waals surface area contributed by atoms with E-state index in [4.69, 9.17) is 5.73 Å². The zero-order valence-corrected chi connectivity index (χ0v) is 12.5. The van der Waals surface area contributed by atoms with E-state index >= 15 is 0 Å². The van der Waals surface area contributed by atoms with Crippen molar-refractivity contribution < 1.29 is 4.79 Å². The van der Waals surface area contributed by atoms with E-state index in [-0.39, 0.29) is 5.91 Å². The lowest BCUT2D eigenvalue weighted by molar-refractivity contribution is -0.133. The summed E-state index contributed by atoms with van der Waals surface area (Å²) in [7, 11) is 2.09. The molecule has 2 aromatic rings. The van der Waals surface area contributed by atoms with Gasteiger partial charge in [-0.05, 0) is 36.2 Å². The smallest absolute Gasteiger partial charge is 0.242 e. The van der Waals surface area contributed by atoms with Crippen molar-refractivity contribution >= 4 is 16.8 Å². The van der Waals surface area contributed by atoms with Crippen LogP contribution in [-0.2, 0) is 17.9 Å². The molecule has 112 valence electrons. The lowest BCUT2D eigenvalue weighted by Gasteiger charge is -2.32. The van der Waals surface area contributed by atoms with Gasteiger partial charge in [0.05, 0.1) is 0 Å². The van der Waals surface area contributed by atoms with E-state index in [2.05, 4.69) is 24.1 Å². The molecule has 2 heterocycles. The van der Waals surface area contributed by atoms with Crippen molar-refractivity contribution in [3.05, 3.63) is 36.0 Å². The van der Waals surface area contributed by atoms with Crippen LogP contribution in [0.2, 0.25) is 0 Å². The van der Waals surface area contributed by atoms with Gasteiger partial charge in [0.15, 0.2) is 0 Å². The van der Waals surface area contributed by atoms with Crippen LogP contribution in [0, 0.1) is 0 Å². The highest BCUT2D eigenvalue weighted by molar-refractivity contribution is 5.84. The van der Waals surface area contributed by atoms with Gasteiger partial charge in [-0.1, -0.05) is 6.07 Å². The second-order valence-corrected chi connectivity index (χ2v) is 5.72. The number of piperazine rings is 1. The number of rotatable bonds is 3. The van der Waals surface area contributed by atoms with E-state index in [9.17, 15) is 4.79 Å². The lowest BCUT2D eigenvalue weighted by Crippen LogP contribution is -2.48. The predicted octanol–water partition coefficient (Wildman–Crippen LogP) is 0.874. The standard InChI is InChI=1S/C16H22N4O/c1-18-6-8-19(9-7-18)16(21)12-20-5-4-14-10-13(11-17)2-3-15(14)20/h2-5,10H,6-9,11-12,17H2,1H3. The summed E-state index contributed by atoms with van der Waals surface area (Å²) < 4.78 is 2.02. The highest BCUT2D eigenvalue weighted by Crippen LogP contribution is 2.18. The third kappa shape index (κ3) is 2.94. The molecule has 5 heteroatoms. The van der Waals surface area contributed by atoms with E-state index in [0.29, 0.717) is 13.1 Å². The van der Waals surface area contributed by atoms with Gasteiger partial charge in [0.2, 0.25) is 5.91 Å². The van der Waals surface area contributed by atoms with Crippen LogP contribution in [0.15, 0.2) is 30.5 Å². The lowest BCUT2D eigenvalue weighted by atomic mass is 10.1. The molecular formula is C16H22N4O. The molecule has 0 bridgehead atoms. The number of fused-ring (bicyclic) bond motifs is 1. The number of carbonyl (C=O) groups is 1. The van der Waals surface area contributed by atoms with Gasteiger partial charge in [0, 0.05) is 44.4 Å². The van der Waals surface area contributed by atoms with Gasteiger partial charge in [-0.25, -0.2) is 0 Å². The first-order chi connectivity index (χ1) is 10.2. The van der Waals surface area contributed by atoms with Gasteiger partial charge in [-0.2, -0.15) is 0 Å². The number of hydrogen-bond acceptors (Lipinski definition) is 3. The Morgan fingerprint density at radius 1 is 1.19 bits per heavy atom.